The molecule has 6 heteroatoms. The third kappa shape index (κ3) is 4.75. The van der Waals surface area contributed by atoms with E-state index in [2.05, 4.69) is 10.5 Å². The zero-order valence-corrected chi connectivity index (χ0v) is 14.5. The third-order valence-corrected chi connectivity index (χ3v) is 3.59. The van der Waals surface area contributed by atoms with Crippen LogP contribution in [-0.2, 0) is 6.54 Å². The molecule has 0 aliphatic carbocycles. The summed E-state index contributed by atoms with van der Waals surface area (Å²) in [6, 6.07) is 9.39. The smallest absolute Gasteiger partial charge is 0.317 e. The van der Waals surface area contributed by atoms with Crippen molar-refractivity contribution in [2.24, 2.45) is 0 Å². The third-order valence-electron chi connectivity index (χ3n) is 3.59. The minimum atomic E-state index is -0.0623. The Bertz CT molecular complexity index is 637. The van der Waals surface area contributed by atoms with Gasteiger partial charge in [-0.2, -0.15) is 0 Å². The minimum Gasteiger partial charge on any atom is -0.497 e. The molecule has 1 N–H and O–H groups in total. The van der Waals surface area contributed by atoms with E-state index in [-0.39, 0.29) is 6.03 Å². The monoisotopic (exact) mass is 331 g/mol. The lowest BCUT2D eigenvalue weighted by Gasteiger charge is -2.21. The summed E-state index contributed by atoms with van der Waals surface area (Å²) in [6.45, 7) is 5.87. The number of rotatable bonds is 8. The Morgan fingerprint density at radius 2 is 2.00 bits per heavy atom. The summed E-state index contributed by atoms with van der Waals surface area (Å²) >= 11 is 0. The molecule has 0 fully saturated rings. The van der Waals surface area contributed by atoms with Gasteiger partial charge in [0.05, 0.1) is 13.7 Å². The van der Waals surface area contributed by atoms with Crippen molar-refractivity contribution in [3.63, 3.8) is 0 Å². The predicted octanol–water partition coefficient (Wildman–Crippen LogP) is 3.68. The number of carbonyl (C=O) groups is 1. The Balaban J connectivity index is 2.05. The Morgan fingerprint density at radius 1 is 1.25 bits per heavy atom. The SMILES string of the molecule is CCCNC(=O)N(CCC)Cc1cc(-c2ccc(OC)cc2)on1. The van der Waals surface area contributed by atoms with Gasteiger partial charge in [0.1, 0.15) is 11.4 Å². The van der Waals surface area contributed by atoms with Gasteiger partial charge in [0.2, 0.25) is 0 Å². The van der Waals surface area contributed by atoms with Gasteiger partial charge >= 0.3 is 6.03 Å². The van der Waals surface area contributed by atoms with E-state index in [0.29, 0.717) is 25.4 Å². The van der Waals surface area contributed by atoms with Gasteiger partial charge < -0.3 is 19.5 Å². The van der Waals surface area contributed by atoms with Crippen LogP contribution in [0.25, 0.3) is 11.3 Å². The molecule has 1 heterocycles. The molecule has 24 heavy (non-hydrogen) atoms. The standard InChI is InChI=1S/C18H25N3O3/c1-4-10-19-18(22)21(11-5-2)13-15-12-17(24-20-15)14-6-8-16(23-3)9-7-14/h6-9,12H,4-5,10-11,13H2,1-3H3,(H,19,22). The molecule has 0 aliphatic rings. The van der Waals surface area contributed by atoms with E-state index in [4.69, 9.17) is 9.26 Å². The molecule has 0 radical (unpaired) electrons. The van der Waals surface area contributed by atoms with Crippen molar-refractivity contribution >= 4 is 6.03 Å². The average Bonchev–Trinajstić information content (AvgIpc) is 3.08. The summed E-state index contributed by atoms with van der Waals surface area (Å²) in [4.78, 5) is 13.9. The molecule has 0 saturated heterocycles. The minimum absolute atomic E-state index is 0.0623. The Labute approximate surface area is 142 Å². The number of amides is 2. The molecule has 6 nitrogen and oxygen atoms in total. The first kappa shape index (κ1) is 17.8. The van der Waals surface area contributed by atoms with Crippen LogP contribution in [0, 0.1) is 0 Å². The summed E-state index contributed by atoms with van der Waals surface area (Å²) in [5.41, 5.74) is 1.66. The maximum Gasteiger partial charge on any atom is 0.317 e. The van der Waals surface area contributed by atoms with Crippen molar-refractivity contribution in [2.75, 3.05) is 20.2 Å². The van der Waals surface area contributed by atoms with Gasteiger partial charge in [0.25, 0.3) is 0 Å². The molecule has 1 aromatic carbocycles. The second-order valence-electron chi connectivity index (χ2n) is 5.56. The van der Waals surface area contributed by atoms with Crippen LogP contribution in [0.1, 0.15) is 32.4 Å². The number of benzene rings is 1. The first-order chi connectivity index (χ1) is 11.7. The van der Waals surface area contributed by atoms with E-state index in [9.17, 15) is 4.79 Å². The quantitative estimate of drug-likeness (QED) is 0.801. The molecule has 0 spiro atoms. The van der Waals surface area contributed by atoms with Gasteiger partial charge in [0.15, 0.2) is 5.76 Å². The maximum absolute atomic E-state index is 12.2. The van der Waals surface area contributed by atoms with Crippen LogP contribution < -0.4 is 10.1 Å². The van der Waals surface area contributed by atoms with Crippen molar-refractivity contribution in [1.82, 2.24) is 15.4 Å². The number of aromatic nitrogens is 1. The molecule has 2 aromatic rings. The summed E-state index contributed by atoms with van der Waals surface area (Å²) in [7, 11) is 1.63. The number of carbonyl (C=O) groups excluding carboxylic acids is 1. The second-order valence-corrected chi connectivity index (χ2v) is 5.56. The fourth-order valence-corrected chi connectivity index (χ4v) is 2.34. The molecule has 130 valence electrons. The van der Waals surface area contributed by atoms with E-state index in [1.54, 1.807) is 12.0 Å². The van der Waals surface area contributed by atoms with E-state index < -0.39 is 0 Å². The lowest BCUT2D eigenvalue weighted by molar-refractivity contribution is 0.193. The first-order valence-corrected chi connectivity index (χ1v) is 8.30. The summed E-state index contributed by atoms with van der Waals surface area (Å²) in [5, 5.41) is 7.00. The van der Waals surface area contributed by atoms with Crippen molar-refractivity contribution < 1.29 is 14.1 Å². The highest BCUT2D eigenvalue weighted by molar-refractivity contribution is 5.74. The lowest BCUT2D eigenvalue weighted by atomic mass is 10.1. The zero-order chi connectivity index (χ0) is 17.4. The first-order valence-electron chi connectivity index (χ1n) is 8.30. The highest BCUT2D eigenvalue weighted by Gasteiger charge is 2.15. The highest BCUT2D eigenvalue weighted by atomic mass is 16.5. The molecule has 1 aromatic heterocycles. The zero-order valence-electron chi connectivity index (χ0n) is 14.5. The van der Waals surface area contributed by atoms with Gasteiger partial charge in [-0.05, 0) is 37.1 Å². The molecule has 2 rings (SSSR count). The Morgan fingerprint density at radius 3 is 2.62 bits per heavy atom. The van der Waals surface area contributed by atoms with Gasteiger partial charge in [-0.1, -0.05) is 19.0 Å². The molecule has 0 bridgehead atoms. The summed E-state index contributed by atoms with van der Waals surface area (Å²) < 4.78 is 10.6. The summed E-state index contributed by atoms with van der Waals surface area (Å²) in [6.07, 6.45) is 1.81. The fourth-order valence-electron chi connectivity index (χ4n) is 2.34. The van der Waals surface area contributed by atoms with Crippen LogP contribution in [0.5, 0.6) is 5.75 Å². The van der Waals surface area contributed by atoms with Crippen LogP contribution in [-0.4, -0.2) is 36.3 Å². The molecule has 0 aliphatic heterocycles. The molecular weight excluding hydrogens is 306 g/mol. The number of ether oxygens (including phenoxy) is 1. The number of urea groups is 1. The average molecular weight is 331 g/mol. The van der Waals surface area contributed by atoms with Crippen LogP contribution in [0.3, 0.4) is 0 Å². The Kier molecular flexibility index (Phi) is 6.66. The maximum atomic E-state index is 12.2. The lowest BCUT2D eigenvalue weighted by Crippen LogP contribution is -2.40. The van der Waals surface area contributed by atoms with Crippen molar-refractivity contribution in [3.05, 3.63) is 36.0 Å². The molecule has 0 atom stereocenters. The molecular formula is C18H25N3O3. The largest absolute Gasteiger partial charge is 0.497 e. The van der Waals surface area contributed by atoms with Crippen LogP contribution in [0.15, 0.2) is 34.9 Å². The number of methoxy groups -OCH3 is 1. The molecule has 0 unspecified atom stereocenters. The Hall–Kier alpha value is -2.50. The normalized spacial score (nSPS) is 10.5. The number of nitrogens with zero attached hydrogens (tertiary/aromatic N) is 2. The topological polar surface area (TPSA) is 67.6 Å². The van der Waals surface area contributed by atoms with Crippen molar-refractivity contribution in [2.45, 2.75) is 33.2 Å². The van der Waals surface area contributed by atoms with Crippen LogP contribution in [0.4, 0.5) is 4.79 Å². The van der Waals surface area contributed by atoms with Gasteiger partial charge in [-0.3, -0.25) is 0 Å². The van der Waals surface area contributed by atoms with Gasteiger partial charge in [0, 0.05) is 24.7 Å². The summed E-state index contributed by atoms with van der Waals surface area (Å²) in [5.74, 6) is 1.47. The van der Waals surface area contributed by atoms with Crippen molar-refractivity contribution in [3.8, 4) is 17.1 Å². The van der Waals surface area contributed by atoms with Gasteiger partial charge in [-0.25, -0.2) is 4.79 Å². The van der Waals surface area contributed by atoms with Crippen LogP contribution >= 0.6 is 0 Å². The fraction of sp³-hybridized carbons (Fsp3) is 0.444. The second kappa shape index (κ2) is 8.96. The van der Waals surface area contributed by atoms with E-state index in [0.717, 1.165) is 29.8 Å². The van der Waals surface area contributed by atoms with E-state index in [1.165, 1.54) is 0 Å². The highest BCUT2D eigenvalue weighted by Crippen LogP contribution is 2.23. The predicted molar refractivity (Wildman–Crippen MR) is 92.9 cm³/mol. The van der Waals surface area contributed by atoms with E-state index >= 15 is 0 Å². The molecule has 2 amide bonds. The number of hydrogen-bond donors (Lipinski definition) is 1. The van der Waals surface area contributed by atoms with Crippen molar-refractivity contribution in [1.29, 1.82) is 0 Å². The van der Waals surface area contributed by atoms with Crippen LogP contribution in [0.2, 0.25) is 0 Å². The molecule has 0 saturated carbocycles. The van der Waals surface area contributed by atoms with Gasteiger partial charge in [-0.15, -0.1) is 0 Å². The van der Waals surface area contributed by atoms with E-state index in [1.807, 2.05) is 44.2 Å². The number of nitrogens with one attached hydrogen (secondary N) is 1. The number of hydrogen-bond acceptors (Lipinski definition) is 4.